The number of rotatable bonds is 5. The first-order valence-electron chi connectivity index (χ1n) is 7.71. The van der Waals surface area contributed by atoms with Crippen molar-refractivity contribution in [3.8, 4) is 17.0 Å². The van der Waals surface area contributed by atoms with E-state index in [0.717, 1.165) is 39.5 Å². The van der Waals surface area contributed by atoms with Crippen LogP contribution in [0.1, 0.15) is 22.7 Å². The second-order valence-electron chi connectivity index (χ2n) is 5.64. The summed E-state index contributed by atoms with van der Waals surface area (Å²) in [7, 11) is 1.61. The smallest absolute Gasteiger partial charge is 0.237 e. The molecule has 6 nitrogen and oxygen atoms in total. The summed E-state index contributed by atoms with van der Waals surface area (Å²) in [5, 5.41) is 7.37. The summed E-state index contributed by atoms with van der Waals surface area (Å²) in [6.45, 7) is 6.42. The SMILES string of the molecule is COc1ncc(-c2c(C)noc2C)cc1NCc1ccc(C)nc1. The van der Waals surface area contributed by atoms with Gasteiger partial charge in [-0.3, -0.25) is 4.98 Å². The molecule has 0 bridgehead atoms. The number of hydrogen-bond acceptors (Lipinski definition) is 6. The number of nitrogens with one attached hydrogen (secondary N) is 1. The van der Waals surface area contributed by atoms with Crippen LogP contribution in [0.5, 0.6) is 5.88 Å². The van der Waals surface area contributed by atoms with Crippen LogP contribution < -0.4 is 10.1 Å². The Morgan fingerprint density at radius 1 is 1.12 bits per heavy atom. The second-order valence-corrected chi connectivity index (χ2v) is 5.64. The van der Waals surface area contributed by atoms with Crippen LogP contribution in [-0.4, -0.2) is 22.2 Å². The summed E-state index contributed by atoms with van der Waals surface area (Å²) < 4.78 is 10.6. The number of aryl methyl sites for hydroxylation is 3. The predicted molar refractivity (Wildman–Crippen MR) is 92.1 cm³/mol. The van der Waals surface area contributed by atoms with Gasteiger partial charge in [0.25, 0.3) is 0 Å². The Hall–Kier alpha value is -2.89. The Kier molecular flexibility index (Phi) is 4.46. The second kappa shape index (κ2) is 6.70. The maximum Gasteiger partial charge on any atom is 0.237 e. The monoisotopic (exact) mass is 324 g/mol. The number of aromatic nitrogens is 3. The van der Waals surface area contributed by atoms with E-state index in [0.29, 0.717) is 12.4 Å². The van der Waals surface area contributed by atoms with E-state index in [1.165, 1.54) is 0 Å². The highest BCUT2D eigenvalue weighted by molar-refractivity contribution is 5.72. The van der Waals surface area contributed by atoms with Crippen LogP contribution in [-0.2, 0) is 6.54 Å². The van der Waals surface area contributed by atoms with E-state index in [-0.39, 0.29) is 0 Å². The van der Waals surface area contributed by atoms with E-state index >= 15 is 0 Å². The van der Waals surface area contributed by atoms with E-state index in [1.54, 1.807) is 13.3 Å². The molecule has 0 aliphatic carbocycles. The van der Waals surface area contributed by atoms with Crippen LogP contribution in [0.25, 0.3) is 11.1 Å². The molecular weight excluding hydrogens is 304 g/mol. The maximum absolute atomic E-state index is 5.36. The Balaban J connectivity index is 1.88. The summed E-state index contributed by atoms with van der Waals surface area (Å²) in [5.74, 6) is 1.32. The minimum absolute atomic E-state index is 0.547. The van der Waals surface area contributed by atoms with E-state index in [2.05, 4.69) is 20.4 Å². The number of pyridine rings is 2. The minimum Gasteiger partial charge on any atom is -0.480 e. The van der Waals surface area contributed by atoms with Crippen LogP contribution >= 0.6 is 0 Å². The third-order valence-corrected chi connectivity index (χ3v) is 3.82. The van der Waals surface area contributed by atoms with Crippen molar-refractivity contribution in [2.45, 2.75) is 27.3 Å². The fourth-order valence-electron chi connectivity index (χ4n) is 2.57. The Labute approximate surface area is 140 Å². The third-order valence-electron chi connectivity index (χ3n) is 3.82. The first-order chi connectivity index (χ1) is 11.6. The van der Waals surface area contributed by atoms with Crippen molar-refractivity contribution in [3.63, 3.8) is 0 Å². The molecule has 24 heavy (non-hydrogen) atoms. The van der Waals surface area contributed by atoms with Gasteiger partial charge in [-0.1, -0.05) is 11.2 Å². The zero-order chi connectivity index (χ0) is 17.1. The van der Waals surface area contributed by atoms with Crippen molar-refractivity contribution in [2.24, 2.45) is 0 Å². The highest BCUT2D eigenvalue weighted by atomic mass is 16.5. The molecule has 3 aromatic rings. The van der Waals surface area contributed by atoms with Crippen molar-refractivity contribution < 1.29 is 9.26 Å². The molecule has 6 heteroatoms. The Morgan fingerprint density at radius 2 is 1.96 bits per heavy atom. The van der Waals surface area contributed by atoms with Crippen molar-refractivity contribution >= 4 is 5.69 Å². The molecule has 3 heterocycles. The number of ether oxygens (including phenoxy) is 1. The summed E-state index contributed by atoms with van der Waals surface area (Å²) in [6, 6.07) is 6.04. The molecule has 0 aliphatic heterocycles. The molecule has 0 spiro atoms. The van der Waals surface area contributed by atoms with Crippen LogP contribution in [0.2, 0.25) is 0 Å². The molecule has 124 valence electrons. The zero-order valence-corrected chi connectivity index (χ0v) is 14.3. The van der Waals surface area contributed by atoms with Gasteiger partial charge in [0.05, 0.1) is 18.5 Å². The standard InChI is InChI=1S/C18H20N4O2/c1-11-5-6-14(8-19-11)9-20-16-7-15(10-21-18(16)23-4)17-12(2)22-24-13(17)3/h5-8,10,20H,9H2,1-4H3. The number of hydrogen-bond donors (Lipinski definition) is 1. The van der Waals surface area contributed by atoms with Gasteiger partial charge in [-0.15, -0.1) is 0 Å². The van der Waals surface area contributed by atoms with Crippen LogP contribution in [0.15, 0.2) is 35.1 Å². The molecule has 3 rings (SSSR count). The number of anilines is 1. The number of nitrogens with zero attached hydrogens (tertiary/aromatic N) is 3. The van der Waals surface area contributed by atoms with Crippen LogP contribution in [0.3, 0.4) is 0 Å². The van der Waals surface area contributed by atoms with Gasteiger partial charge in [0.1, 0.15) is 5.76 Å². The summed E-state index contributed by atoms with van der Waals surface area (Å²) >= 11 is 0. The van der Waals surface area contributed by atoms with Gasteiger partial charge in [0.15, 0.2) is 0 Å². The molecule has 3 aromatic heterocycles. The lowest BCUT2D eigenvalue weighted by Crippen LogP contribution is -2.03. The van der Waals surface area contributed by atoms with Crippen molar-refractivity contribution in [2.75, 3.05) is 12.4 Å². The molecule has 0 radical (unpaired) electrons. The zero-order valence-electron chi connectivity index (χ0n) is 14.3. The molecular formula is C18H20N4O2. The predicted octanol–water partition coefficient (Wildman–Crippen LogP) is 3.68. The van der Waals surface area contributed by atoms with Gasteiger partial charge < -0.3 is 14.6 Å². The Bertz CT molecular complexity index is 821. The molecule has 0 saturated heterocycles. The quantitative estimate of drug-likeness (QED) is 0.772. The summed E-state index contributed by atoms with van der Waals surface area (Å²) in [6.07, 6.45) is 3.63. The largest absolute Gasteiger partial charge is 0.480 e. The van der Waals surface area contributed by atoms with Crippen molar-refractivity contribution in [3.05, 3.63) is 53.3 Å². The molecule has 0 amide bonds. The van der Waals surface area contributed by atoms with E-state index in [1.807, 2.05) is 45.2 Å². The molecule has 0 unspecified atom stereocenters. The molecule has 0 aromatic carbocycles. The molecule has 1 N–H and O–H groups in total. The lowest BCUT2D eigenvalue weighted by atomic mass is 10.1. The van der Waals surface area contributed by atoms with Gasteiger partial charge in [-0.2, -0.15) is 0 Å². The van der Waals surface area contributed by atoms with Crippen molar-refractivity contribution in [1.82, 2.24) is 15.1 Å². The molecule has 0 atom stereocenters. The lowest BCUT2D eigenvalue weighted by Gasteiger charge is -2.12. The van der Waals surface area contributed by atoms with Gasteiger partial charge in [0, 0.05) is 35.8 Å². The summed E-state index contributed by atoms with van der Waals surface area (Å²) in [4.78, 5) is 8.70. The fraction of sp³-hybridized carbons (Fsp3) is 0.278. The normalized spacial score (nSPS) is 10.7. The average molecular weight is 324 g/mol. The average Bonchev–Trinajstić information content (AvgIpc) is 2.93. The molecule has 0 aliphatic rings. The maximum atomic E-state index is 5.36. The van der Waals surface area contributed by atoms with Crippen LogP contribution in [0.4, 0.5) is 5.69 Å². The van der Waals surface area contributed by atoms with Crippen molar-refractivity contribution in [1.29, 1.82) is 0 Å². The number of methoxy groups -OCH3 is 1. The van der Waals surface area contributed by atoms with E-state index in [9.17, 15) is 0 Å². The molecule has 0 saturated carbocycles. The fourth-order valence-corrected chi connectivity index (χ4v) is 2.57. The van der Waals surface area contributed by atoms with Gasteiger partial charge >= 0.3 is 0 Å². The highest BCUT2D eigenvalue weighted by Crippen LogP contribution is 2.32. The van der Waals surface area contributed by atoms with Gasteiger partial charge in [0.2, 0.25) is 5.88 Å². The van der Waals surface area contributed by atoms with Gasteiger partial charge in [-0.25, -0.2) is 4.98 Å². The van der Waals surface area contributed by atoms with E-state index < -0.39 is 0 Å². The first kappa shape index (κ1) is 16.0. The summed E-state index contributed by atoms with van der Waals surface area (Å²) in [5.41, 5.74) is 5.65. The highest BCUT2D eigenvalue weighted by Gasteiger charge is 2.14. The third kappa shape index (κ3) is 3.22. The van der Waals surface area contributed by atoms with Gasteiger partial charge in [-0.05, 0) is 38.5 Å². The lowest BCUT2D eigenvalue weighted by molar-refractivity contribution is 0.393. The molecule has 0 fully saturated rings. The topological polar surface area (TPSA) is 73.1 Å². The van der Waals surface area contributed by atoms with Crippen LogP contribution in [0, 0.1) is 20.8 Å². The Morgan fingerprint density at radius 3 is 2.58 bits per heavy atom. The first-order valence-corrected chi connectivity index (χ1v) is 7.71. The van der Waals surface area contributed by atoms with E-state index in [4.69, 9.17) is 9.26 Å². The minimum atomic E-state index is 0.547.